The van der Waals surface area contributed by atoms with Crippen LogP contribution in [0.3, 0.4) is 0 Å². The van der Waals surface area contributed by atoms with Gasteiger partial charge in [-0.3, -0.25) is 33.6 Å². The van der Waals surface area contributed by atoms with Gasteiger partial charge in [0, 0.05) is 51.7 Å². The van der Waals surface area contributed by atoms with Crippen molar-refractivity contribution in [3.05, 3.63) is 0 Å². The minimum atomic E-state index is -1.45. The Hall–Kier alpha value is -5.46. The number of carbonyl (C=O) groups excluding carboxylic acids is 6. The third-order valence-corrected chi connectivity index (χ3v) is 10.9. The van der Waals surface area contributed by atoms with E-state index in [1.807, 2.05) is 6.92 Å². The van der Waals surface area contributed by atoms with Crippen LogP contribution in [0.5, 0.6) is 0 Å². The molecule has 24 nitrogen and oxygen atoms in total. The van der Waals surface area contributed by atoms with E-state index in [9.17, 15) is 63.3 Å². The van der Waals surface area contributed by atoms with Crippen LogP contribution in [0.25, 0.3) is 0 Å². The highest BCUT2D eigenvalue weighted by Crippen LogP contribution is 2.13. The zero-order valence-corrected chi connectivity index (χ0v) is 42.3. The van der Waals surface area contributed by atoms with Crippen molar-refractivity contribution in [3.63, 3.8) is 0 Å². The van der Waals surface area contributed by atoms with E-state index in [0.717, 1.165) is 89.9 Å². The number of ether oxygens (including phenoxy) is 4. The Balaban J connectivity index is 3.93. The fraction of sp³-hybridized carbons (Fsp3) is 0.792. The summed E-state index contributed by atoms with van der Waals surface area (Å²) in [5, 5.41) is 52.0. The highest BCUT2D eigenvalue weighted by atomic mass is 16.5. The topological polar surface area (TPSA) is 361 Å². The quantitative estimate of drug-likeness (QED) is 0.0390. The summed E-state index contributed by atoms with van der Waals surface area (Å²) < 4.78 is 21.2. The Labute approximate surface area is 422 Å². The van der Waals surface area contributed by atoms with E-state index in [1.54, 1.807) is 0 Å². The van der Waals surface area contributed by atoms with E-state index in [-0.39, 0.29) is 116 Å². The van der Waals surface area contributed by atoms with Gasteiger partial charge >= 0.3 is 23.9 Å². The maximum Gasteiger partial charge on any atom is 0.326 e. The second kappa shape index (κ2) is 45.4. The van der Waals surface area contributed by atoms with Crippen LogP contribution in [-0.2, 0) is 66.9 Å². The Morgan fingerprint density at radius 2 is 0.694 bits per heavy atom. The van der Waals surface area contributed by atoms with Crippen molar-refractivity contribution in [1.82, 2.24) is 31.9 Å². The van der Waals surface area contributed by atoms with Gasteiger partial charge in [0.05, 0.1) is 39.6 Å². The Kier molecular flexibility index (Phi) is 42.0. The van der Waals surface area contributed by atoms with E-state index in [1.165, 1.54) is 0 Å². The van der Waals surface area contributed by atoms with Gasteiger partial charge in [0.2, 0.25) is 35.4 Å². The van der Waals surface area contributed by atoms with E-state index >= 15 is 0 Å². The lowest BCUT2D eigenvalue weighted by Crippen LogP contribution is -2.45. The van der Waals surface area contributed by atoms with Crippen molar-refractivity contribution in [2.45, 2.75) is 173 Å². The van der Waals surface area contributed by atoms with Crippen LogP contribution < -0.4 is 31.9 Å². The SMILES string of the molecule is CCCCCNC(=O)CC[C@H](NC(=O)CC[C@H](NC(=O)COCCOCCNC(=O)COCCOCCNC(=O)CCC(NC(=O)CCCCCCCCCCCCCCC(=O)O)C(=O)O)C(=O)O)C(=O)O. The molecule has 0 aliphatic carbocycles. The third-order valence-electron chi connectivity index (χ3n) is 10.9. The number of amides is 6. The molecule has 0 saturated carbocycles. The first-order valence-electron chi connectivity index (χ1n) is 25.4. The van der Waals surface area contributed by atoms with Crippen LogP contribution in [0.2, 0.25) is 0 Å². The van der Waals surface area contributed by atoms with E-state index in [2.05, 4.69) is 31.9 Å². The summed E-state index contributed by atoms with van der Waals surface area (Å²) in [7, 11) is 0. The van der Waals surface area contributed by atoms with Gasteiger partial charge in [0.1, 0.15) is 31.3 Å². The molecule has 72 heavy (non-hydrogen) atoms. The van der Waals surface area contributed by atoms with E-state index < -0.39 is 78.7 Å². The molecular formula is C48H84N6O18. The van der Waals surface area contributed by atoms with Crippen LogP contribution >= 0.6 is 0 Å². The molecule has 1 unspecified atom stereocenters. The first kappa shape index (κ1) is 66.5. The molecule has 0 aromatic carbocycles. The Morgan fingerprint density at radius 3 is 1.12 bits per heavy atom. The molecule has 10 N–H and O–H groups in total. The lowest BCUT2D eigenvalue weighted by molar-refractivity contribution is -0.144. The molecule has 3 atom stereocenters. The summed E-state index contributed by atoms with van der Waals surface area (Å²) in [5.74, 6) is -7.74. The average molecular weight is 1030 g/mol. The van der Waals surface area contributed by atoms with E-state index in [0.29, 0.717) is 13.0 Å². The highest BCUT2D eigenvalue weighted by molar-refractivity contribution is 5.87. The number of carboxylic acids is 4. The predicted octanol–water partition coefficient (Wildman–Crippen LogP) is 2.19. The fourth-order valence-corrected chi connectivity index (χ4v) is 6.82. The molecular weight excluding hydrogens is 949 g/mol. The average Bonchev–Trinajstić information content (AvgIpc) is 3.33. The molecule has 0 saturated heterocycles. The lowest BCUT2D eigenvalue weighted by atomic mass is 10.0. The van der Waals surface area contributed by atoms with Gasteiger partial charge in [0.15, 0.2) is 0 Å². The van der Waals surface area contributed by atoms with Crippen molar-refractivity contribution in [2.24, 2.45) is 0 Å². The van der Waals surface area contributed by atoms with Gasteiger partial charge in [-0.25, -0.2) is 14.4 Å². The second-order valence-electron chi connectivity index (χ2n) is 17.2. The van der Waals surface area contributed by atoms with Crippen molar-refractivity contribution in [1.29, 1.82) is 0 Å². The number of carboxylic acid groups (broad SMARTS) is 4. The summed E-state index contributed by atoms with van der Waals surface area (Å²) in [6.07, 6.45) is 14.1. The summed E-state index contributed by atoms with van der Waals surface area (Å²) in [5.41, 5.74) is 0. The summed E-state index contributed by atoms with van der Waals surface area (Å²) in [6.45, 7) is 2.58. The number of unbranched alkanes of at least 4 members (excludes halogenated alkanes) is 13. The molecule has 0 heterocycles. The zero-order valence-electron chi connectivity index (χ0n) is 42.3. The molecule has 0 aromatic heterocycles. The van der Waals surface area contributed by atoms with Crippen molar-refractivity contribution >= 4 is 59.3 Å². The van der Waals surface area contributed by atoms with Gasteiger partial charge in [0.25, 0.3) is 0 Å². The number of carbonyl (C=O) groups is 10. The number of rotatable bonds is 50. The van der Waals surface area contributed by atoms with Crippen molar-refractivity contribution in [3.8, 4) is 0 Å². The number of nitrogens with one attached hydrogen (secondary N) is 6. The maximum atomic E-state index is 12.4. The molecule has 0 fully saturated rings. The lowest BCUT2D eigenvalue weighted by Gasteiger charge is -2.17. The van der Waals surface area contributed by atoms with Gasteiger partial charge in [-0.05, 0) is 38.5 Å². The monoisotopic (exact) mass is 1030 g/mol. The molecule has 24 heteroatoms. The third kappa shape index (κ3) is 42.2. The first-order valence-corrected chi connectivity index (χ1v) is 25.4. The molecule has 0 radical (unpaired) electrons. The Morgan fingerprint density at radius 1 is 0.347 bits per heavy atom. The normalized spacial score (nSPS) is 12.2. The standard InChI is InChI=1S/C48H84N6O18/c1-2-3-16-25-49-39(55)22-19-37(47(65)66)53-42(58)24-21-38(48(67)68)54-44(60)35-72-33-31-70-29-27-51-43(59)34-71-32-30-69-28-26-50-40(56)23-20-36(46(63)64)52-41(57)17-14-12-10-8-6-4-5-7-9-11-13-15-18-45(61)62/h36-38H,2-35H2,1H3,(H,49,55)(H,50,56)(H,51,59)(H,52,57)(H,53,58)(H,54,60)(H,61,62)(H,63,64)(H,65,66)(H,67,68)/t36?,37-,38-/m0/s1. The predicted molar refractivity (Wildman–Crippen MR) is 261 cm³/mol. The smallest absolute Gasteiger partial charge is 0.326 e. The fourth-order valence-electron chi connectivity index (χ4n) is 6.82. The molecule has 0 rings (SSSR count). The van der Waals surface area contributed by atoms with Crippen LogP contribution in [0, 0.1) is 0 Å². The van der Waals surface area contributed by atoms with Crippen molar-refractivity contribution < 1.29 is 87.3 Å². The number of hydrogen-bond donors (Lipinski definition) is 10. The minimum Gasteiger partial charge on any atom is -0.481 e. The Bertz CT molecular complexity index is 1590. The van der Waals surface area contributed by atoms with Crippen LogP contribution in [0.15, 0.2) is 0 Å². The van der Waals surface area contributed by atoms with Gasteiger partial charge in [-0.1, -0.05) is 84.0 Å². The van der Waals surface area contributed by atoms with Gasteiger partial charge in [-0.15, -0.1) is 0 Å². The van der Waals surface area contributed by atoms with Crippen LogP contribution in [0.4, 0.5) is 0 Å². The van der Waals surface area contributed by atoms with Crippen LogP contribution in [0.1, 0.15) is 155 Å². The zero-order chi connectivity index (χ0) is 53.6. The molecule has 0 aliphatic heterocycles. The first-order chi connectivity index (χ1) is 34.5. The number of hydrogen-bond acceptors (Lipinski definition) is 14. The maximum absolute atomic E-state index is 12.4. The summed E-state index contributed by atoms with van der Waals surface area (Å²) in [4.78, 5) is 119. The number of aliphatic carboxylic acids is 4. The van der Waals surface area contributed by atoms with Gasteiger partial charge < -0.3 is 71.3 Å². The van der Waals surface area contributed by atoms with Gasteiger partial charge in [-0.2, -0.15) is 0 Å². The molecule has 0 bridgehead atoms. The van der Waals surface area contributed by atoms with Crippen molar-refractivity contribution in [2.75, 3.05) is 72.5 Å². The molecule has 414 valence electrons. The molecule has 0 aliphatic rings. The molecule has 0 aromatic rings. The largest absolute Gasteiger partial charge is 0.481 e. The second-order valence-corrected chi connectivity index (χ2v) is 17.2. The van der Waals surface area contributed by atoms with E-state index in [4.69, 9.17) is 24.1 Å². The summed E-state index contributed by atoms with van der Waals surface area (Å²) >= 11 is 0. The highest BCUT2D eigenvalue weighted by Gasteiger charge is 2.25. The minimum absolute atomic E-state index is 0.0288. The summed E-state index contributed by atoms with van der Waals surface area (Å²) in [6, 6.07) is -3.98. The molecule has 6 amide bonds. The molecule has 0 spiro atoms. The van der Waals surface area contributed by atoms with Crippen LogP contribution in [-0.4, -0.2) is 170 Å².